The first-order valence-corrected chi connectivity index (χ1v) is 12.9. The second-order valence-electron chi connectivity index (χ2n) is 9.08. The number of para-hydroxylation sites is 1. The van der Waals surface area contributed by atoms with Gasteiger partial charge in [-0.2, -0.15) is 0 Å². The van der Waals surface area contributed by atoms with Gasteiger partial charge in [0, 0.05) is 17.5 Å². The Morgan fingerprint density at radius 3 is 2.49 bits per heavy atom. The molecule has 35 heavy (non-hydrogen) atoms. The Morgan fingerprint density at radius 1 is 1.03 bits per heavy atom. The van der Waals surface area contributed by atoms with E-state index >= 15 is 0 Å². The van der Waals surface area contributed by atoms with E-state index in [0.29, 0.717) is 38.5 Å². The third-order valence-electron chi connectivity index (χ3n) is 6.85. The number of hydrogen-bond acceptors (Lipinski definition) is 5. The van der Waals surface area contributed by atoms with Crippen molar-refractivity contribution in [1.82, 2.24) is 9.88 Å². The molecule has 0 saturated heterocycles. The van der Waals surface area contributed by atoms with E-state index in [0.717, 1.165) is 18.2 Å². The van der Waals surface area contributed by atoms with Crippen LogP contribution in [-0.4, -0.2) is 29.9 Å². The van der Waals surface area contributed by atoms with Crippen LogP contribution in [0.25, 0.3) is 21.0 Å². The highest BCUT2D eigenvalue weighted by molar-refractivity contribution is 7.22. The number of pyridine rings is 1. The fourth-order valence-corrected chi connectivity index (χ4v) is 6.23. The van der Waals surface area contributed by atoms with Crippen LogP contribution in [0.15, 0.2) is 59.4 Å². The maximum atomic E-state index is 13.7. The number of carbonyl (C=O) groups excluding carboxylic acids is 2. The molecule has 1 aliphatic carbocycles. The van der Waals surface area contributed by atoms with Crippen LogP contribution in [0.5, 0.6) is 5.75 Å². The molecule has 4 aromatic rings. The molecule has 2 heterocycles. The van der Waals surface area contributed by atoms with Crippen molar-refractivity contribution in [2.75, 3.05) is 13.7 Å². The number of methoxy groups -OCH3 is 1. The van der Waals surface area contributed by atoms with E-state index in [1.165, 1.54) is 42.3 Å². The highest BCUT2D eigenvalue weighted by Gasteiger charge is 2.26. The van der Waals surface area contributed by atoms with Gasteiger partial charge in [-0.3, -0.25) is 19.0 Å². The molecule has 2 aromatic heterocycles. The van der Waals surface area contributed by atoms with E-state index < -0.39 is 0 Å². The number of ketones is 1. The van der Waals surface area contributed by atoms with Crippen LogP contribution in [0.3, 0.4) is 0 Å². The summed E-state index contributed by atoms with van der Waals surface area (Å²) in [4.78, 5) is 40.3. The zero-order valence-electron chi connectivity index (χ0n) is 19.7. The van der Waals surface area contributed by atoms with E-state index in [4.69, 9.17) is 4.74 Å². The maximum absolute atomic E-state index is 13.7. The largest absolute Gasteiger partial charge is 0.494 e. The van der Waals surface area contributed by atoms with Gasteiger partial charge in [0.1, 0.15) is 10.3 Å². The van der Waals surface area contributed by atoms with Crippen molar-refractivity contribution in [1.29, 1.82) is 0 Å². The summed E-state index contributed by atoms with van der Waals surface area (Å²) < 4.78 is 7.83. The Bertz CT molecular complexity index is 1450. The molecule has 5 rings (SSSR count). The normalized spacial score (nSPS) is 14.3. The number of benzene rings is 2. The van der Waals surface area contributed by atoms with Crippen molar-refractivity contribution in [3.63, 3.8) is 0 Å². The van der Waals surface area contributed by atoms with Gasteiger partial charge in [0.25, 0.3) is 11.5 Å². The van der Waals surface area contributed by atoms with Crippen molar-refractivity contribution in [3.8, 4) is 5.75 Å². The van der Waals surface area contributed by atoms with E-state index in [2.05, 4.69) is 5.32 Å². The quantitative estimate of drug-likeness (QED) is 0.353. The molecule has 6 nitrogen and oxygen atoms in total. The third-order valence-corrected chi connectivity index (χ3v) is 8.05. The number of thiophene rings is 1. The number of aromatic nitrogens is 1. The highest BCUT2D eigenvalue weighted by atomic mass is 32.1. The van der Waals surface area contributed by atoms with E-state index in [9.17, 15) is 14.4 Å². The topological polar surface area (TPSA) is 77.4 Å². The number of amides is 1. The number of rotatable bonds is 7. The van der Waals surface area contributed by atoms with Crippen LogP contribution in [0, 0.1) is 5.92 Å². The Hall–Kier alpha value is -3.45. The van der Waals surface area contributed by atoms with Gasteiger partial charge < -0.3 is 10.1 Å². The molecule has 1 aliphatic rings. The SMILES string of the molecule is COc1c(C(=O)NCC2CCCCC2)sc2c1c(=O)n(CC(=O)c1ccccc1)c1ccccc21. The molecule has 0 bridgehead atoms. The molecule has 1 fully saturated rings. The van der Waals surface area contributed by atoms with Crippen LogP contribution >= 0.6 is 11.3 Å². The minimum atomic E-state index is -0.331. The molecule has 180 valence electrons. The van der Waals surface area contributed by atoms with E-state index in [-0.39, 0.29) is 29.5 Å². The molecule has 0 atom stereocenters. The lowest BCUT2D eigenvalue weighted by molar-refractivity contribution is 0.0942. The summed E-state index contributed by atoms with van der Waals surface area (Å²) in [6, 6.07) is 16.4. The lowest BCUT2D eigenvalue weighted by Gasteiger charge is -2.21. The standard InChI is InChI=1S/C28H28N2O4S/c1-34-24-23-25(35-26(24)27(32)29-16-18-10-4-2-5-11-18)20-14-8-9-15-21(20)30(28(23)33)17-22(31)19-12-6-3-7-13-19/h3,6-9,12-15,18H,2,4-5,10-11,16-17H2,1H3,(H,29,32). The molecular weight excluding hydrogens is 460 g/mol. The van der Waals surface area contributed by atoms with Gasteiger partial charge in [0.05, 0.1) is 23.9 Å². The van der Waals surface area contributed by atoms with Crippen molar-refractivity contribution < 1.29 is 14.3 Å². The summed E-state index contributed by atoms with van der Waals surface area (Å²) in [6.45, 7) is 0.536. The van der Waals surface area contributed by atoms with Crippen LogP contribution < -0.4 is 15.6 Å². The first-order valence-electron chi connectivity index (χ1n) is 12.1. The number of nitrogens with one attached hydrogen (secondary N) is 1. The molecular formula is C28H28N2O4S. The summed E-state index contributed by atoms with van der Waals surface area (Å²) in [5.41, 5.74) is 0.874. The fourth-order valence-electron chi connectivity index (χ4n) is 5.01. The fraction of sp³-hybridized carbons (Fsp3) is 0.321. The smallest absolute Gasteiger partial charge is 0.265 e. The zero-order chi connectivity index (χ0) is 24.4. The monoisotopic (exact) mass is 488 g/mol. The molecule has 1 amide bonds. The lowest BCUT2D eigenvalue weighted by Crippen LogP contribution is -2.30. The molecule has 0 spiro atoms. The van der Waals surface area contributed by atoms with Crippen LogP contribution in [0.1, 0.15) is 52.1 Å². The Balaban J connectivity index is 1.58. The maximum Gasteiger partial charge on any atom is 0.265 e. The van der Waals surface area contributed by atoms with Gasteiger partial charge >= 0.3 is 0 Å². The van der Waals surface area contributed by atoms with Gasteiger partial charge in [-0.05, 0) is 24.8 Å². The second-order valence-corrected chi connectivity index (χ2v) is 10.1. The number of nitrogens with zero attached hydrogens (tertiary/aromatic N) is 1. The van der Waals surface area contributed by atoms with Crippen molar-refractivity contribution in [3.05, 3.63) is 75.4 Å². The van der Waals surface area contributed by atoms with Crippen molar-refractivity contribution in [2.24, 2.45) is 5.92 Å². The number of carbonyl (C=O) groups is 2. The molecule has 1 saturated carbocycles. The Kier molecular flexibility index (Phi) is 6.68. The van der Waals surface area contributed by atoms with Gasteiger partial charge in [-0.15, -0.1) is 11.3 Å². The third kappa shape index (κ3) is 4.48. The van der Waals surface area contributed by atoms with E-state index in [1.54, 1.807) is 24.3 Å². The summed E-state index contributed by atoms with van der Waals surface area (Å²) in [7, 11) is 1.48. The Labute approximate surface area is 207 Å². The summed E-state index contributed by atoms with van der Waals surface area (Å²) in [6.07, 6.45) is 5.95. The summed E-state index contributed by atoms with van der Waals surface area (Å²) >= 11 is 1.28. The number of fused-ring (bicyclic) bond motifs is 3. The van der Waals surface area contributed by atoms with Gasteiger partial charge in [0.15, 0.2) is 11.5 Å². The average Bonchev–Trinajstić information content (AvgIpc) is 3.31. The first kappa shape index (κ1) is 23.3. The van der Waals surface area contributed by atoms with Crippen LogP contribution in [0.4, 0.5) is 0 Å². The molecule has 0 unspecified atom stereocenters. The van der Waals surface area contributed by atoms with Crippen LogP contribution in [-0.2, 0) is 6.54 Å². The molecule has 0 radical (unpaired) electrons. The minimum absolute atomic E-state index is 0.0957. The molecule has 1 N–H and O–H groups in total. The Morgan fingerprint density at radius 2 is 1.74 bits per heavy atom. The van der Waals surface area contributed by atoms with Gasteiger partial charge in [-0.25, -0.2) is 0 Å². The zero-order valence-corrected chi connectivity index (χ0v) is 20.5. The summed E-state index contributed by atoms with van der Waals surface area (Å²) in [5, 5.41) is 4.23. The predicted molar refractivity (Wildman–Crippen MR) is 140 cm³/mol. The van der Waals surface area contributed by atoms with Gasteiger partial charge in [-0.1, -0.05) is 67.8 Å². The molecule has 7 heteroatoms. The minimum Gasteiger partial charge on any atom is -0.494 e. The van der Waals surface area contributed by atoms with E-state index in [1.807, 2.05) is 30.3 Å². The number of hydrogen-bond donors (Lipinski definition) is 1. The highest BCUT2D eigenvalue weighted by Crippen LogP contribution is 2.39. The van der Waals surface area contributed by atoms with Crippen molar-refractivity contribution in [2.45, 2.75) is 38.6 Å². The molecule has 2 aromatic carbocycles. The lowest BCUT2D eigenvalue weighted by atomic mass is 9.89. The van der Waals surface area contributed by atoms with Gasteiger partial charge in [0.2, 0.25) is 0 Å². The predicted octanol–water partition coefficient (Wildman–Crippen LogP) is 5.42. The molecule has 0 aliphatic heterocycles. The van der Waals surface area contributed by atoms with Crippen LogP contribution in [0.2, 0.25) is 0 Å². The average molecular weight is 489 g/mol. The first-order chi connectivity index (χ1) is 17.1. The summed E-state index contributed by atoms with van der Waals surface area (Å²) in [5.74, 6) is 0.402. The number of ether oxygens (including phenoxy) is 1. The second kappa shape index (κ2) is 10.0. The van der Waals surface area contributed by atoms with Crippen molar-refractivity contribution >= 4 is 44.0 Å². The number of Topliss-reactive ketones (excluding diaryl/α,β-unsaturated/α-hetero) is 1.